The summed E-state index contributed by atoms with van der Waals surface area (Å²) in [5.74, 6) is -10.5. The first-order valence-corrected chi connectivity index (χ1v) is 38.3. The number of ether oxygens (including phenoxy) is 1. The third-order valence-electron chi connectivity index (χ3n) is 18.3. The highest BCUT2D eigenvalue weighted by atomic mass is 19.5. The van der Waals surface area contributed by atoms with Crippen LogP contribution in [0.5, 0.6) is 0 Å². The van der Waals surface area contributed by atoms with Crippen molar-refractivity contribution in [2.24, 2.45) is 10.8 Å². The van der Waals surface area contributed by atoms with E-state index in [-0.39, 0.29) is 126 Å². The maximum Gasteiger partial charge on any atom is 0.471 e. The van der Waals surface area contributed by atoms with Gasteiger partial charge in [0.1, 0.15) is 0 Å². The van der Waals surface area contributed by atoms with E-state index in [1.165, 1.54) is 6.07 Å². The first-order valence-electron chi connectivity index (χ1n) is 38.3. The van der Waals surface area contributed by atoms with Gasteiger partial charge < -0.3 is 55.2 Å². The molecule has 0 aromatic heterocycles. The van der Waals surface area contributed by atoms with Gasteiger partial charge in [-0.05, 0) is 102 Å². The molecule has 0 saturated carbocycles. The maximum absolute atomic E-state index is 13.4. The maximum atomic E-state index is 13.4. The molecular weight excluding hydrogens is 2000 g/mol. The number of benzene rings is 2. The van der Waals surface area contributed by atoms with Crippen molar-refractivity contribution < 1.29 is 263 Å². The van der Waals surface area contributed by atoms with E-state index >= 15 is 0 Å². The molecule has 0 aliphatic carbocycles. The van der Waals surface area contributed by atoms with Crippen LogP contribution in [0.15, 0.2) is 42.5 Å². The number of halogens is 42. The molecule has 2 rings (SSSR count). The zero-order valence-corrected chi connectivity index (χ0v) is 71.2. The fraction of sp³-hybridized carbons (Fsp3) is 0.730. The minimum absolute atomic E-state index is 0.00304. The van der Waals surface area contributed by atoms with Crippen molar-refractivity contribution >= 4 is 53.4 Å². The Bertz CT molecular complexity index is 3730. The number of carboxylic acids is 7. The molecule has 0 aliphatic rings. The fourth-order valence-electron chi connectivity index (χ4n) is 12.0. The molecule has 0 spiro atoms. The first-order chi connectivity index (χ1) is 60.7. The highest BCUT2D eigenvalue weighted by Gasteiger charge is 2.88. The average molecular weight is 2090 g/mol. The van der Waals surface area contributed by atoms with Crippen molar-refractivity contribution in [1.29, 1.82) is 0 Å². The summed E-state index contributed by atoms with van der Waals surface area (Å²) in [5, 5.41) is 58.3. The van der Waals surface area contributed by atoms with Crippen LogP contribution in [0.3, 0.4) is 0 Å². The number of anilines is 1. The number of aromatic carboxylic acids is 1. The molecule has 798 valence electrons. The van der Waals surface area contributed by atoms with Crippen molar-refractivity contribution in [2.75, 3.05) is 60.3 Å². The molecule has 2 atom stereocenters. The van der Waals surface area contributed by atoms with Crippen molar-refractivity contribution in [1.82, 2.24) is 14.7 Å². The van der Waals surface area contributed by atoms with E-state index in [1.807, 2.05) is 0 Å². The van der Waals surface area contributed by atoms with Gasteiger partial charge in [0.2, 0.25) is 0 Å². The van der Waals surface area contributed by atoms with Gasteiger partial charge in [-0.25, -0.2) is 4.79 Å². The summed E-state index contributed by atoms with van der Waals surface area (Å²) in [6, 6.07) is 2.77. The van der Waals surface area contributed by atoms with E-state index < -0.39 is 254 Å². The number of unbranched alkanes of at least 4 members (excludes halogenated alkanes) is 11. The quantitative estimate of drug-likeness (QED) is 0.0185. The van der Waals surface area contributed by atoms with Crippen molar-refractivity contribution in [2.45, 2.75) is 278 Å². The molecule has 0 aliphatic heterocycles. The second-order valence-electron chi connectivity index (χ2n) is 29.1. The summed E-state index contributed by atoms with van der Waals surface area (Å²) in [5.41, 5.74) is -22.1. The van der Waals surface area contributed by atoms with Crippen LogP contribution in [0.2, 0.25) is 0 Å². The summed E-state index contributed by atoms with van der Waals surface area (Å²) in [4.78, 5) is 82.1. The topological polar surface area (TPSA) is 300 Å². The van der Waals surface area contributed by atoms with E-state index in [0.29, 0.717) is 50.3 Å². The number of hydrogen-bond acceptors (Lipinski definition) is 12. The molecule has 0 saturated heterocycles. The zero-order chi connectivity index (χ0) is 109. The largest absolute Gasteiger partial charge is 0.481 e. The molecule has 62 heteroatoms. The van der Waals surface area contributed by atoms with Crippen LogP contribution >= 0.6 is 0 Å². The second kappa shape index (κ2) is 56.3. The van der Waals surface area contributed by atoms with Crippen LogP contribution in [-0.2, 0) is 56.1 Å². The molecule has 0 bridgehead atoms. The van der Waals surface area contributed by atoms with E-state index in [1.54, 1.807) is 0 Å². The third-order valence-corrected chi connectivity index (χ3v) is 18.3. The van der Waals surface area contributed by atoms with Crippen molar-refractivity contribution in [3.05, 3.63) is 64.7 Å². The minimum atomic E-state index is -6.68. The lowest BCUT2D eigenvalue weighted by Crippen LogP contribution is -2.68. The number of carboxylic acid groups (broad SMARTS) is 7. The number of aliphatic carboxylic acids is 6. The number of amides is 1. The summed E-state index contributed by atoms with van der Waals surface area (Å²) in [6.45, 7) is -1.23. The van der Waals surface area contributed by atoms with Crippen molar-refractivity contribution in [3.8, 4) is 0 Å². The van der Waals surface area contributed by atoms with Crippen molar-refractivity contribution in [3.63, 3.8) is 0 Å². The summed E-state index contributed by atoms with van der Waals surface area (Å²) in [6.07, 6.45) is -90.7. The van der Waals surface area contributed by atoms with Crippen LogP contribution in [0.25, 0.3) is 0 Å². The van der Waals surface area contributed by atoms with E-state index in [0.717, 1.165) is 45.4 Å². The molecule has 7 N–H and O–H groups in total. The van der Waals surface area contributed by atoms with Gasteiger partial charge >= 0.3 is 134 Å². The Morgan fingerprint density at radius 3 is 0.890 bits per heavy atom. The molecule has 20 nitrogen and oxygen atoms in total. The number of methoxy groups -OCH3 is 1. The number of carbonyl (C=O) groups excluding carboxylic acids is 1. The molecule has 136 heavy (non-hydrogen) atoms. The van der Waals surface area contributed by atoms with E-state index in [9.17, 15) is 223 Å². The highest BCUT2D eigenvalue weighted by Crippen LogP contribution is 2.65. The molecule has 0 fully saturated rings. The Morgan fingerprint density at radius 1 is 0.338 bits per heavy atom. The molecule has 0 radical (unpaired) electrons. The smallest absolute Gasteiger partial charge is 0.471 e. The van der Waals surface area contributed by atoms with Gasteiger partial charge in [0.15, 0.2) is 5.41 Å². The number of hydrogen-bond donors (Lipinski definition) is 7. The second-order valence-corrected chi connectivity index (χ2v) is 29.1. The predicted molar refractivity (Wildman–Crippen MR) is 386 cm³/mol. The van der Waals surface area contributed by atoms with Gasteiger partial charge in [-0.2, -0.15) is 184 Å². The molecule has 2 aromatic rings. The van der Waals surface area contributed by atoms with E-state index in [4.69, 9.17) is 35.7 Å². The van der Waals surface area contributed by atoms with E-state index in [2.05, 4.69) is 4.74 Å². The molecule has 2 aromatic carbocycles. The normalized spacial score (nSPS) is 13.5. The van der Waals surface area contributed by atoms with Crippen LogP contribution in [0.1, 0.15) is 200 Å². The Labute approximate surface area is 743 Å². The Balaban J connectivity index is -0.000000497. The van der Waals surface area contributed by atoms with Gasteiger partial charge in [-0.3, -0.25) is 33.6 Å². The average Bonchev–Trinajstić information content (AvgIpc) is 0.708. The standard InChI is InChI=1S/C16H18F6O2.C13H18F9NO2.C12H15F9O3.C11H9F6NO2.C9H14F3NO3.C8H11F6NO2.C5H7F3O2/c17-15(18,19)14(16(20,21)22,12-8-4-3-5-9-12)11-7-2-1-6-10-13(23)24;1-23(2)8(6-4-3-5-7-9(24)25)10(11(14,15)16,12(17,18)19)13(20,21)22;1-24-7(5-3-2-4-6-8(22)23)9(10(13,14)15,11(16,17)18)12(19,20)21;1-18(2)8-6(10(12,13)14)3-5(9(19)20)4-7(8)11(15,16)17;1-13(8(16)9(10,11)12)6-4-2-3-5-7(14)15;9-7(10,11)15(8(12,13)14)5-3-1-2-4-6(16)17;6-5(7,8)3-1-2-4(9)10/h3-5,8-9H,1-2,6-7,10-11H2,(H,23,24);8H,3-7H2,1-2H3,(H,24,25);7H,2-6H2,1H3,(H,22,23);3-4H,1-2H3,(H,19,20);2-6H2,1H3,(H,14,15);1-5H2,(H,16,17);1-3H2,(H,9,10). The van der Waals surface area contributed by atoms with Crippen LogP contribution in [0.4, 0.5) is 190 Å². The highest BCUT2D eigenvalue weighted by molar-refractivity contribution is 5.89. The lowest BCUT2D eigenvalue weighted by atomic mass is 9.74. The Morgan fingerprint density at radius 2 is 0.632 bits per heavy atom. The summed E-state index contributed by atoms with van der Waals surface area (Å²) >= 11 is 0. The molecule has 0 heterocycles. The number of nitrogens with zero attached hydrogens (tertiary/aromatic N) is 4. The number of rotatable bonds is 41. The van der Waals surface area contributed by atoms with Crippen LogP contribution in [0, 0.1) is 10.8 Å². The SMILES string of the molecule is CN(C)C(CCCCCC(=O)O)C(C(F)(F)F)(C(F)(F)F)C(F)(F)F.CN(C)c1c(C(F)(F)F)cc(C(=O)O)cc1C(F)(F)F.CN(CCCCCC(=O)O)C(=O)C(F)(F)F.COC(CCCCCC(=O)O)C(C(F)(F)F)(C(F)(F)F)C(F)(F)F.O=C(O)CCCC(F)(F)F.O=C(O)CCCCCCC(c1ccccc1)(C(F)(F)F)C(F)(F)F.O=C(O)CCCCCN(C(F)(F)F)C(F)(F)F. The van der Waals surface area contributed by atoms with Gasteiger partial charge in [0.25, 0.3) is 10.8 Å². The minimum Gasteiger partial charge on any atom is -0.481 e. The first kappa shape index (κ1) is 135. The zero-order valence-electron chi connectivity index (χ0n) is 71.2. The van der Waals surface area contributed by atoms with Gasteiger partial charge in [-0.15, -0.1) is 4.90 Å². The molecule has 2 unspecified atom stereocenters. The lowest BCUT2D eigenvalue weighted by molar-refractivity contribution is -0.450. The third kappa shape index (κ3) is 47.1. The molecular formula is C74H92F42N4O16. The number of carbonyl (C=O) groups is 8. The summed E-state index contributed by atoms with van der Waals surface area (Å²) < 4.78 is 537. The molecule has 1 amide bonds. The Hall–Kier alpha value is -9.06. The van der Waals surface area contributed by atoms with Gasteiger partial charge in [0.05, 0.1) is 28.5 Å². The summed E-state index contributed by atoms with van der Waals surface area (Å²) in [7, 11) is 4.85. The Kier molecular flexibility index (Phi) is 56.0. The van der Waals surface area contributed by atoms with Crippen LogP contribution in [-0.4, -0.2) is 240 Å². The predicted octanol–water partition coefficient (Wildman–Crippen LogP) is 24.7. The monoisotopic (exact) mass is 2090 g/mol. The van der Waals surface area contributed by atoms with Gasteiger partial charge in [0, 0.05) is 92.3 Å². The fourth-order valence-corrected chi connectivity index (χ4v) is 12.0. The lowest BCUT2D eigenvalue weighted by Gasteiger charge is -2.46. The van der Waals surface area contributed by atoms with Crippen LogP contribution < -0.4 is 4.90 Å². The number of alkyl halides is 42. The van der Waals surface area contributed by atoms with Gasteiger partial charge in [-0.1, -0.05) is 88.1 Å².